The fourth-order valence-corrected chi connectivity index (χ4v) is 2.93. The van der Waals surface area contributed by atoms with Gasteiger partial charge in [-0.25, -0.2) is 9.97 Å². The van der Waals surface area contributed by atoms with Crippen molar-refractivity contribution < 1.29 is 4.92 Å². The molecule has 0 unspecified atom stereocenters. The Kier molecular flexibility index (Phi) is 5.03. The lowest BCUT2D eigenvalue weighted by molar-refractivity contribution is -0.383. The highest BCUT2D eigenvalue weighted by atomic mass is 16.6. The summed E-state index contributed by atoms with van der Waals surface area (Å²) in [6.45, 7) is 7.89. The van der Waals surface area contributed by atoms with Crippen molar-refractivity contribution in [3.05, 3.63) is 75.1 Å². The van der Waals surface area contributed by atoms with Crippen molar-refractivity contribution >= 4 is 28.7 Å². The zero-order valence-corrected chi connectivity index (χ0v) is 15.7. The van der Waals surface area contributed by atoms with Crippen molar-refractivity contribution in [3.8, 4) is 0 Å². The van der Waals surface area contributed by atoms with Gasteiger partial charge < -0.3 is 10.6 Å². The minimum Gasteiger partial charge on any atom is -0.334 e. The summed E-state index contributed by atoms with van der Waals surface area (Å²) >= 11 is 0. The van der Waals surface area contributed by atoms with Crippen LogP contribution in [0.4, 0.5) is 28.7 Å². The van der Waals surface area contributed by atoms with Crippen LogP contribution in [-0.2, 0) is 0 Å². The van der Waals surface area contributed by atoms with Gasteiger partial charge in [0.15, 0.2) is 0 Å². The summed E-state index contributed by atoms with van der Waals surface area (Å²) < 4.78 is 0. The van der Waals surface area contributed by atoms with Crippen LogP contribution in [0.25, 0.3) is 0 Å². The summed E-state index contributed by atoms with van der Waals surface area (Å²) in [5.41, 5.74) is 5.53. The second-order valence-electron chi connectivity index (χ2n) is 6.55. The monoisotopic (exact) mass is 363 g/mol. The molecule has 0 aliphatic rings. The number of nitro groups is 1. The number of nitrogens with one attached hydrogen (secondary N) is 2. The number of benzene rings is 2. The number of aryl methyl sites for hydroxylation is 3. The fourth-order valence-electron chi connectivity index (χ4n) is 2.93. The average molecular weight is 363 g/mol. The maximum Gasteiger partial charge on any atom is 0.353 e. The average Bonchev–Trinajstić information content (AvgIpc) is 2.58. The summed E-state index contributed by atoms with van der Waals surface area (Å²) in [6.07, 6.45) is 1.31. The van der Waals surface area contributed by atoms with Gasteiger partial charge in [0, 0.05) is 11.4 Å². The Morgan fingerprint density at radius 3 is 2.19 bits per heavy atom. The topological polar surface area (TPSA) is 93.0 Å². The number of hydrogen-bond donors (Lipinski definition) is 2. The fraction of sp³-hybridized carbons (Fsp3) is 0.200. The van der Waals surface area contributed by atoms with E-state index in [1.165, 1.54) is 6.33 Å². The van der Waals surface area contributed by atoms with Crippen LogP contribution < -0.4 is 10.6 Å². The molecule has 0 bridgehead atoms. The summed E-state index contributed by atoms with van der Waals surface area (Å²) in [5, 5.41) is 17.9. The van der Waals surface area contributed by atoms with Gasteiger partial charge in [0.05, 0.1) is 4.92 Å². The lowest BCUT2D eigenvalue weighted by Gasteiger charge is -2.13. The molecule has 27 heavy (non-hydrogen) atoms. The minimum absolute atomic E-state index is 0.146. The minimum atomic E-state index is -0.474. The highest BCUT2D eigenvalue weighted by Gasteiger charge is 2.24. The van der Waals surface area contributed by atoms with E-state index < -0.39 is 4.92 Å². The molecule has 0 spiro atoms. The van der Waals surface area contributed by atoms with Gasteiger partial charge in [-0.15, -0.1) is 0 Å². The maximum absolute atomic E-state index is 11.8. The molecule has 1 aromatic heterocycles. The molecule has 0 radical (unpaired) electrons. The zero-order chi connectivity index (χ0) is 19.6. The molecule has 0 amide bonds. The first kappa shape index (κ1) is 18.3. The predicted octanol–water partition coefficient (Wildman–Crippen LogP) is 5.11. The van der Waals surface area contributed by atoms with E-state index >= 15 is 0 Å². The molecule has 7 nitrogen and oxygen atoms in total. The highest BCUT2D eigenvalue weighted by molar-refractivity contribution is 5.77. The van der Waals surface area contributed by atoms with Crippen LogP contribution >= 0.6 is 0 Å². The van der Waals surface area contributed by atoms with Crippen LogP contribution in [0, 0.1) is 37.8 Å². The van der Waals surface area contributed by atoms with Gasteiger partial charge in [-0.1, -0.05) is 18.2 Å². The molecule has 7 heteroatoms. The van der Waals surface area contributed by atoms with E-state index in [9.17, 15) is 10.1 Å². The summed E-state index contributed by atoms with van der Waals surface area (Å²) in [7, 11) is 0. The Morgan fingerprint density at radius 2 is 1.56 bits per heavy atom. The lowest BCUT2D eigenvalue weighted by Crippen LogP contribution is -2.06. The van der Waals surface area contributed by atoms with Gasteiger partial charge >= 0.3 is 5.69 Å². The van der Waals surface area contributed by atoms with Crippen molar-refractivity contribution in [1.82, 2.24) is 9.97 Å². The third-order valence-electron chi connectivity index (χ3n) is 4.35. The molecule has 0 saturated carbocycles. The van der Waals surface area contributed by atoms with E-state index in [1.807, 2.05) is 64.1 Å². The van der Waals surface area contributed by atoms with Crippen molar-refractivity contribution in [2.24, 2.45) is 0 Å². The van der Waals surface area contributed by atoms with Gasteiger partial charge in [-0.3, -0.25) is 10.1 Å². The van der Waals surface area contributed by atoms with Crippen molar-refractivity contribution in [1.29, 1.82) is 0 Å². The van der Waals surface area contributed by atoms with E-state index in [2.05, 4.69) is 20.6 Å². The molecule has 0 fully saturated rings. The quantitative estimate of drug-likeness (QED) is 0.483. The molecular weight excluding hydrogens is 342 g/mol. The van der Waals surface area contributed by atoms with Gasteiger partial charge in [-0.2, -0.15) is 0 Å². The van der Waals surface area contributed by atoms with Crippen LogP contribution in [0.2, 0.25) is 0 Å². The first-order chi connectivity index (χ1) is 12.8. The first-order valence-corrected chi connectivity index (χ1v) is 8.53. The lowest BCUT2D eigenvalue weighted by atomic mass is 10.1. The Morgan fingerprint density at radius 1 is 0.926 bits per heavy atom. The van der Waals surface area contributed by atoms with Gasteiger partial charge in [-0.05, 0) is 68.1 Å². The molecule has 3 aromatic rings. The van der Waals surface area contributed by atoms with Gasteiger partial charge in [0.2, 0.25) is 11.6 Å². The molecule has 0 saturated heterocycles. The first-order valence-electron chi connectivity index (χ1n) is 8.53. The van der Waals surface area contributed by atoms with Crippen LogP contribution in [0.5, 0.6) is 0 Å². The Hall–Kier alpha value is -3.48. The number of aromatic nitrogens is 2. The van der Waals surface area contributed by atoms with Gasteiger partial charge in [0.25, 0.3) is 0 Å². The van der Waals surface area contributed by atoms with Gasteiger partial charge in [0.1, 0.15) is 6.33 Å². The van der Waals surface area contributed by atoms with Crippen LogP contribution in [0.3, 0.4) is 0 Å². The molecule has 2 N–H and O–H groups in total. The van der Waals surface area contributed by atoms with Crippen LogP contribution in [0.1, 0.15) is 22.3 Å². The Bertz CT molecular complexity index is 997. The predicted molar refractivity (Wildman–Crippen MR) is 107 cm³/mol. The van der Waals surface area contributed by atoms with Crippen molar-refractivity contribution in [3.63, 3.8) is 0 Å². The largest absolute Gasteiger partial charge is 0.353 e. The molecule has 0 aliphatic carbocycles. The smallest absolute Gasteiger partial charge is 0.334 e. The van der Waals surface area contributed by atoms with E-state index in [-0.39, 0.29) is 17.3 Å². The Balaban J connectivity index is 2.02. The molecule has 2 aromatic carbocycles. The second kappa shape index (κ2) is 7.41. The molecule has 138 valence electrons. The zero-order valence-electron chi connectivity index (χ0n) is 15.7. The van der Waals surface area contributed by atoms with E-state index in [1.54, 1.807) is 0 Å². The summed E-state index contributed by atoms with van der Waals surface area (Å²) in [5.74, 6) is 0.295. The Labute approximate surface area is 157 Å². The van der Waals surface area contributed by atoms with E-state index in [0.29, 0.717) is 0 Å². The summed E-state index contributed by atoms with van der Waals surface area (Å²) in [6, 6.07) is 11.6. The van der Waals surface area contributed by atoms with Crippen molar-refractivity contribution in [2.45, 2.75) is 27.7 Å². The summed E-state index contributed by atoms with van der Waals surface area (Å²) in [4.78, 5) is 19.5. The highest BCUT2D eigenvalue weighted by Crippen LogP contribution is 2.34. The number of nitrogens with zero attached hydrogens (tertiary/aromatic N) is 3. The number of hydrogen-bond acceptors (Lipinski definition) is 6. The molecular formula is C20H21N5O2. The molecule has 0 aliphatic heterocycles. The molecule has 3 rings (SSSR count). The maximum atomic E-state index is 11.8. The molecule has 0 atom stereocenters. The third kappa shape index (κ3) is 4.03. The van der Waals surface area contributed by atoms with Crippen LogP contribution in [0.15, 0.2) is 42.7 Å². The van der Waals surface area contributed by atoms with Crippen molar-refractivity contribution in [2.75, 3.05) is 10.6 Å². The number of rotatable bonds is 5. The van der Waals surface area contributed by atoms with E-state index in [0.717, 1.165) is 33.6 Å². The van der Waals surface area contributed by atoms with E-state index in [4.69, 9.17) is 0 Å². The standard InChI is InChI=1S/C20H21N5O2/c1-12-8-13(2)10-16(9-12)23-19-18(25(26)27)20(22-11-21-19)24-17-7-5-6-14(3)15(17)4/h5-11H,1-4H3,(H2,21,22,23,24). The second-order valence-corrected chi connectivity index (χ2v) is 6.55. The third-order valence-corrected chi connectivity index (χ3v) is 4.35. The SMILES string of the molecule is Cc1cc(C)cc(Nc2ncnc(Nc3cccc(C)c3C)c2[N+](=O)[O-])c1. The molecule has 1 heterocycles. The number of anilines is 4. The normalized spacial score (nSPS) is 10.5. The van der Waals surface area contributed by atoms with Crippen LogP contribution in [-0.4, -0.2) is 14.9 Å².